The molecule has 0 bridgehead atoms. The molecule has 0 saturated carbocycles. The minimum absolute atomic E-state index is 0.0584. The van der Waals surface area contributed by atoms with Crippen LogP contribution < -0.4 is 10.0 Å². The van der Waals surface area contributed by atoms with Gasteiger partial charge >= 0.3 is 0 Å². The number of para-hydroxylation sites is 1. The Labute approximate surface area is 107 Å². The van der Waals surface area contributed by atoms with Crippen LogP contribution >= 0.6 is 0 Å². The van der Waals surface area contributed by atoms with E-state index in [2.05, 4.69) is 10.0 Å². The molecule has 0 spiro atoms. The van der Waals surface area contributed by atoms with Crippen LogP contribution in [0.1, 0.15) is 18.4 Å². The van der Waals surface area contributed by atoms with Crippen LogP contribution in [0.4, 0.5) is 10.1 Å². The molecule has 0 aromatic heterocycles. The van der Waals surface area contributed by atoms with Gasteiger partial charge in [0, 0.05) is 6.54 Å². The van der Waals surface area contributed by atoms with Crippen molar-refractivity contribution in [3.8, 4) is 0 Å². The minimum Gasteiger partial charge on any atom is -0.315 e. The van der Waals surface area contributed by atoms with E-state index in [0.29, 0.717) is 18.5 Å². The summed E-state index contributed by atoms with van der Waals surface area (Å²) in [5, 5.41) is 2.55. The lowest BCUT2D eigenvalue weighted by Crippen LogP contribution is -2.41. The van der Waals surface area contributed by atoms with Gasteiger partial charge in [-0.15, -0.1) is 0 Å². The minimum atomic E-state index is -3.53. The van der Waals surface area contributed by atoms with Crippen molar-refractivity contribution in [2.24, 2.45) is 0 Å². The van der Waals surface area contributed by atoms with E-state index in [1.165, 1.54) is 6.07 Å². The molecule has 1 fully saturated rings. The van der Waals surface area contributed by atoms with Gasteiger partial charge in [-0.3, -0.25) is 4.72 Å². The van der Waals surface area contributed by atoms with Gasteiger partial charge in [0.05, 0.1) is 10.9 Å². The smallest absolute Gasteiger partial charge is 0.236 e. The van der Waals surface area contributed by atoms with Crippen molar-refractivity contribution in [1.82, 2.24) is 5.32 Å². The second kappa shape index (κ2) is 5.24. The maximum Gasteiger partial charge on any atom is 0.236 e. The average Bonchev–Trinajstić information content (AvgIpc) is 2.35. The van der Waals surface area contributed by atoms with Crippen molar-refractivity contribution in [2.75, 3.05) is 17.8 Å². The predicted molar refractivity (Wildman–Crippen MR) is 69.6 cm³/mol. The number of hydrogen-bond donors (Lipinski definition) is 2. The Hall–Kier alpha value is -1.14. The Bertz CT molecular complexity index is 505. The van der Waals surface area contributed by atoms with Crippen molar-refractivity contribution < 1.29 is 12.8 Å². The summed E-state index contributed by atoms with van der Waals surface area (Å²) in [5.41, 5.74) is 0.644. The van der Waals surface area contributed by atoms with E-state index in [1.807, 2.05) is 0 Å². The Morgan fingerprint density at radius 2 is 2.22 bits per heavy atom. The van der Waals surface area contributed by atoms with Crippen molar-refractivity contribution in [3.63, 3.8) is 0 Å². The maximum absolute atomic E-state index is 13.6. The van der Waals surface area contributed by atoms with Gasteiger partial charge in [0.1, 0.15) is 5.82 Å². The molecule has 1 aromatic rings. The SMILES string of the molecule is Cc1cccc(F)c1NS(=O)(=O)C1CCCNC1. The van der Waals surface area contributed by atoms with E-state index in [4.69, 9.17) is 0 Å². The third-order valence-corrected chi connectivity index (χ3v) is 4.93. The second-order valence-electron chi connectivity index (χ2n) is 4.55. The molecule has 2 rings (SSSR count). The van der Waals surface area contributed by atoms with Gasteiger partial charge in [0.15, 0.2) is 0 Å². The zero-order valence-electron chi connectivity index (χ0n) is 10.2. The largest absolute Gasteiger partial charge is 0.315 e. The van der Waals surface area contributed by atoms with Crippen molar-refractivity contribution >= 4 is 15.7 Å². The summed E-state index contributed by atoms with van der Waals surface area (Å²) in [4.78, 5) is 0. The fourth-order valence-electron chi connectivity index (χ4n) is 2.07. The average molecular weight is 272 g/mol. The Morgan fingerprint density at radius 1 is 1.44 bits per heavy atom. The van der Waals surface area contributed by atoms with E-state index in [1.54, 1.807) is 19.1 Å². The predicted octanol–water partition coefficient (Wildman–Crippen LogP) is 1.63. The maximum atomic E-state index is 13.6. The van der Waals surface area contributed by atoms with E-state index >= 15 is 0 Å². The highest BCUT2D eigenvalue weighted by Gasteiger charge is 2.28. The zero-order valence-corrected chi connectivity index (χ0v) is 11.1. The third kappa shape index (κ3) is 2.81. The molecule has 100 valence electrons. The van der Waals surface area contributed by atoms with Gasteiger partial charge in [-0.05, 0) is 37.9 Å². The van der Waals surface area contributed by atoms with Crippen LogP contribution in [0, 0.1) is 12.7 Å². The number of benzene rings is 1. The molecule has 0 aliphatic carbocycles. The quantitative estimate of drug-likeness (QED) is 0.879. The molecule has 6 heteroatoms. The number of piperidine rings is 1. The molecule has 2 N–H and O–H groups in total. The molecule has 4 nitrogen and oxygen atoms in total. The molecule has 1 aliphatic rings. The van der Waals surface area contributed by atoms with Crippen molar-refractivity contribution in [2.45, 2.75) is 25.0 Å². The number of sulfonamides is 1. The van der Waals surface area contributed by atoms with E-state index in [-0.39, 0.29) is 5.69 Å². The van der Waals surface area contributed by atoms with E-state index in [0.717, 1.165) is 13.0 Å². The van der Waals surface area contributed by atoms with Crippen molar-refractivity contribution in [3.05, 3.63) is 29.6 Å². The molecule has 0 amide bonds. The normalized spacial score (nSPS) is 20.7. The topological polar surface area (TPSA) is 58.2 Å². The first-order valence-electron chi connectivity index (χ1n) is 5.98. The summed E-state index contributed by atoms with van der Waals surface area (Å²) in [6.07, 6.45) is 1.43. The number of nitrogens with one attached hydrogen (secondary N) is 2. The lowest BCUT2D eigenvalue weighted by molar-refractivity contribution is 0.499. The summed E-state index contributed by atoms with van der Waals surface area (Å²) in [5.74, 6) is -0.539. The second-order valence-corrected chi connectivity index (χ2v) is 6.51. The van der Waals surface area contributed by atoms with Gasteiger partial charge in [-0.2, -0.15) is 0 Å². The Morgan fingerprint density at radius 3 is 2.83 bits per heavy atom. The summed E-state index contributed by atoms with van der Waals surface area (Å²) < 4.78 is 40.3. The molecule has 0 radical (unpaired) electrons. The zero-order chi connectivity index (χ0) is 13.2. The van der Waals surface area contributed by atoms with Gasteiger partial charge in [-0.1, -0.05) is 12.1 Å². The molecular formula is C12H17FN2O2S. The van der Waals surface area contributed by atoms with E-state index < -0.39 is 21.1 Å². The summed E-state index contributed by atoms with van der Waals surface area (Å²) in [7, 11) is -3.53. The standard InChI is InChI=1S/C12H17FN2O2S/c1-9-4-2-6-11(13)12(9)15-18(16,17)10-5-3-7-14-8-10/h2,4,6,10,14-15H,3,5,7-8H2,1H3. The van der Waals surface area contributed by atoms with Crippen LogP contribution in [0.2, 0.25) is 0 Å². The molecule has 1 unspecified atom stereocenters. The lowest BCUT2D eigenvalue weighted by atomic mass is 10.2. The van der Waals surface area contributed by atoms with Crippen LogP contribution in [0.3, 0.4) is 0 Å². The molecule has 1 aliphatic heterocycles. The number of hydrogen-bond acceptors (Lipinski definition) is 3. The first-order valence-corrected chi connectivity index (χ1v) is 7.53. The highest BCUT2D eigenvalue weighted by atomic mass is 32.2. The first-order chi connectivity index (χ1) is 8.50. The van der Waals surface area contributed by atoms with Crippen LogP contribution in [0.15, 0.2) is 18.2 Å². The molecule has 1 saturated heterocycles. The number of aryl methyl sites for hydroxylation is 1. The first kappa shape index (κ1) is 13.3. The highest BCUT2D eigenvalue weighted by Crippen LogP contribution is 2.22. The molecule has 1 aromatic carbocycles. The number of halogens is 1. The highest BCUT2D eigenvalue weighted by molar-refractivity contribution is 7.93. The Kier molecular flexibility index (Phi) is 3.87. The van der Waals surface area contributed by atoms with Crippen LogP contribution in [0.5, 0.6) is 0 Å². The number of anilines is 1. The molecule has 1 atom stereocenters. The van der Waals surface area contributed by atoms with Gasteiger partial charge in [0.25, 0.3) is 0 Å². The van der Waals surface area contributed by atoms with Crippen LogP contribution in [0.25, 0.3) is 0 Å². The lowest BCUT2D eigenvalue weighted by Gasteiger charge is -2.24. The molecular weight excluding hydrogens is 255 g/mol. The van der Waals surface area contributed by atoms with Crippen molar-refractivity contribution in [1.29, 1.82) is 0 Å². The summed E-state index contributed by atoms with van der Waals surface area (Å²) in [6.45, 7) is 2.94. The summed E-state index contributed by atoms with van der Waals surface area (Å²) in [6, 6.07) is 4.49. The van der Waals surface area contributed by atoms with Crippen LogP contribution in [-0.2, 0) is 10.0 Å². The molecule has 1 heterocycles. The van der Waals surface area contributed by atoms with Crippen LogP contribution in [-0.4, -0.2) is 26.8 Å². The van der Waals surface area contributed by atoms with Gasteiger partial charge in [0.2, 0.25) is 10.0 Å². The third-order valence-electron chi connectivity index (χ3n) is 3.16. The fraction of sp³-hybridized carbons (Fsp3) is 0.500. The van der Waals surface area contributed by atoms with Gasteiger partial charge < -0.3 is 5.32 Å². The molecule has 18 heavy (non-hydrogen) atoms. The number of rotatable bonds is 3. The fourth-order valence-corrected chi connectivity index (χ4v) is 3.60. The monoisotopic (exact) mass is 272 g/mol. The van der Waals surface area contributed by atoms with E-state index in [9.17, 15) is 12.8 Å². The van der Waals surface area contributed by atoms with Gasteiger partial charge in [-0.25, -0.2) is 12.8 Å². The summed E-state index contributed by atoms with van der Waals surface area (Å²) >= 11 is 0. The Balaban J connectivity index is 2.22.